The molecule has 7 nitrogen and oxygen atoms in total. The lowest BCUT2D eigenvalue weighted by molar-refractivity contribution is -0.137. The molecule has 0 aromatic carbocycles. The van der Waals surface area contributed by atoms with Gasteiger partial charge < -0.3 is 15.3 Å². The monoisotopic (exact) mass is 292 g/mol. The Kier molecular flexibility index (Phi) is 5.48. The summed E-state index contributed by atoms with van der Waals surface area (Å²) >= 11 is 0. The van der Waals surface area contributed by atoms with Crippen LogP contribution in [-0.4, -0.2) is 45.3 Å². The molecule has 2 N–H and O–H groups in total. The number of aromatic nitrogens is 2. The van der Waals surface area contributed by atoms with Gasteiger partial charge in [-0.15, -0.1) is 0 Å². The van der Waals surface area contributed by atoms with Crippen molar-refractivity contribution in [1.29, 1.82) is 0 Å². The quantitative estimate of drug-likeness (QED) is 0.852. The van der Waals surface area contributed by atoms with Gasteiger partial charge in [0.25, 0.3) is 0 Å². The first-order valence-electron chi connectivity index (χ1n) is 7.16. The molecule has 1 aromatic rings. The second kappa shape index (κ2) is 7.56. The maximum atomic E-state index is 12.0. The van der Waals surface area contributed by atoms with E-state index < -0.39 is 5.97 Å². The van der Waals surface area contributed by atoms with Crippen LogP contribution < -0.4 is 5.32 Å². The fourth-order valence-corrected chi connectivity index (χ4v) is 2.46. The molecule has 0 saturated carbocycles. The van der Waals surface area contributed by atoms with Crippen LogP contribution in [0.5, 0.6) is 0 Å². The van der Waals surface area contributed by atoms with Crippen LogP contribution in [0.25, 0.3) is 0 Å². The summed E-state index contributed by atoms with van der Waals surface area (Å²) in [6.07, 6.45) is 4.23. The van der Waals surface area contributed by atoms with Crippen LogP contribution >= 0.6 is 0 Å². The molecule has 0 spiro atoms. The molecule has 2 heterocycles. The Morgan fingerprint density at radius 3 is 2.76 bits per heavy atom. The van der Waals surface area contributed by atoms with Gasteiger partial charge in [-0.05, 0) is 37.3 Å². The number of nitrogens with zero attached hydrogens (tertiary/aromatic N) is 3. The average molecular weight is 292 g/mol. The zero-order valence-electron chi connectivity index (χ0n) is 11.9. The van der Waals surface area contributed by atoms with Gasteiger partial charge in [-0.3, -0.25) is 4.79 Å². The average Bonchev–Trinajstić information content (AvgIpc) is 2.52. The molecule has 1 fully saturated rings. The number of carbonyl (C=O) groups excluding carboxylic acids is 1. The number of hydrogen-bond acceptors (Lipinski definition) is 4. The van der Waals surface area contributed by atoms with Crippen LogP contribution in [-0.2, 0) is 11.3 Å². The van der Waals surface area contributed by atoms with Crippen LogP contribution in [0.3, 0.4) is 0 Å². The van der Waals surface area contributed by atoms with E-state index in [-0.39, 0.29) is 12.5 Å². The van der Waals surface area contributed by atoms with Gasteiger partial charge in [-0.25, -0.2) is 4.79 Å². The van der Waals surface area contributed by atoms with Gasteiger partial charge in [-0.2, -0.15) is 10.2 Å². The van der Waals surface area contributed by atoms with Gasteiger partial charge in [0.1, 0.15) is 0 Å². The number of amides is 2. The van der Waals surface area contributed by atoms with Gasteiger partial charge in [0.15, 0.2) is 0 Å². The largest absolute Gasteiger partial charge is 0.481 e. The minimum atomic E-state index is -0.751. The van der Waals surface area contributed by atoms with E-state index in [9.17, 15) is 9.59 Å². The van der Waals surface area contributed by atoms with Crippen LogP contribution in [0.2, 0.25) is 0 Å². The number of piperidine rings is 1. The topological polar surface area (TPSA) is 95.4 Å². The molecule has 0 atom stereocenters. The number of hydrogen-bond donors (Lipinski definition) is 2. The molecule has 21 heavy (non-hydrogen) atoms. The maximum absolute atomic E-state index is 12.0. The zero-order valence-corrected chi connectivity index (χ0v) is 11.9. The number of carboxylic acids is 1. The summed E-state index contributed by atoms with van der Waals surface area (Å²) < 4.78 is 0. The highest BCUT2D eigenvalue weighted by Crippen LogP contribution is 2.21. The van der Waals surface area contributed by atoms with Crippen LogP contribution in [0.1, 0.15) is 31.4 Å². The predicted molar refractivity (Wildman–Crippen MR) is 75.4 cm³/mol. The molecule has 0 radical (unpaired) electrons. The SMILES string of the molecule is O=C(O)CCC1CCN(C(=O)NCc2cccnn2)CC1. The zero-order chi connectivity index (χ0) is 15.1. The number of carbonyl (C=O) groups is 2. The van der Waals surface area contributed by atoms with Crippen molar-refractivity contribution in [3.8, 4) is 0 Å². The standard InChI is InChI=1S/C14H20N4O3/c19-13(20)4-3-11-5-8-18(9-6-11)14(21)15-10-12-2-1-7-16-17-12/h1-2,7,11H,3-6,8-10H2,(H,15,21)(H,19,20). The molecular weight excluding hydrogens is 272 g/mol. The van der Waals surface area contributed by atoms with Crippen molar-refractivity contribution in [2.24, 2.45) is 5.92 Å². The van der Waals surface area contributed by atoms with E-state index in [0.717, 1.165) is 18.5 Å². The van der Waals surface area contributed by atoms with Crippen molar-refractivity contribution in [3.63, 3.8) is 0 Å². The number of rotatable bonds is 5. The van der Waals surface area contributed by atoms with E-state index in [1.54, 1.807) is 17.2 Å². The van der Waals surface area contributed by atoms with Crippen LogP contribution in [0.15, 0.2) is 18.3 Å². The van der Waals surface area contributed by atoms with Gasteiger partial charge in [0.05, 0.1) is 12.2 Å². The fraction of sp³-hybridized carbons (Fsp3) is 0.571. The summed E-state index contributed by atoms with van der Waals surface area (Å²) in [5, 5.41) is 19.2. The van der Waals surface area contributed by atoms with Crippen LogP contribution in [0, 0.1) is 5.92 Å². The molecule has 0 unspecified atom stereocenters. The third-order valence-corrected chi connectivity index (χ3v) is 3.72. The number of carboxylic acid groups (broad SMARTS) is 1. The molecule has 1 aliphatic rings. The highest BCUT2D eigenvalue weighted by Gasteiger charge is 2.22. The molecule has 2 amide bonds. The molecule has 114 valence electrons. The minimum absolute atomic E-state index is 0.0997. The molecule has 0 aliphatic carbocycles. The van der Waals surface area contributed by atoms with Crippen molar-refractivity contribution in [2.45, 2.75) is 32.2 Å². The fourth-order valence-electron chi connectivity index (χ4n) is 2.46. The highest BCUT2D eigenvalue weighted by atomic mass is 16.4. The van der Waals surface area contributed by atoms with E-state index in [1.165, 1.54) is 0 Å². The van der Waals surface area contributed by atoms with E-state index in [2.05, 4.69) is 15.5 Å². The van der Waals surface area contributed by atoms with Gasteiger partial charge in [0, 0.05) is 25.7 Å². The van der Waals surface area contributed by atoms with Crippen molar-refractivity contribution >= 4 is 12.0 Å². The lowest BCUT2D eigenvalue weighted by Gasteiger charge is -2.31. The van der Waals surface area contributed by atoms with E-state index in [1.807, 2.05) is 6.07 Å². The summed E-state index contributed by atoms with van der Waals surface area (Å²) in [4.78, 5) is 24.3. The van der Waals surface area contributed by atoms with Gasteiger partial charge in [-0.1, -0.05) is 0 Å². The van der Waals surface area contributed by atoms with E-state index in [4.69, 9.17) is 5.11 Å². The Balaban J connectivity index is 1.69. The number of urea groups is 1. The molecule has 7 heteroatoms. The third kappa shape index (κ3) is 5.02. The highest BCUT2D eigenvalue weighted by molar-refractivity contribution is 5.74. The lowest BCUT2D eigenvalue weighted by atomic mass is 9.92. The molecule has 1 aromatic heterocycles. The first-order chi connectivity index (χ1) is 10.1. The maximum Gasteiger partial charge on any atom is 0.317 e. The second-order valence-corrected chi connectivity index (χ2v) is 5.24. The lowest BCUT2D eigenvalue weighted by Crippen LogP contribution is -2.44. The Bertz CT molecular complexity index is 472. The Labute approximate surface area is 123 Å². The van der Waals surface area contributed by atoms with E-state index in [0.29, 0.717) is 32.0 Å². The molecule has 1 aliphatic heterocycles. The van der Waals surface area contributed by atoms with Crippen LogP contribution in [0.4, 0.5) is 4.79 Å². The third-order valence-electron chi connectivity index (χ3n) is 3.72. The number of likely N-dealkylation sites (tertiary alicyclic amines) is 1. The molecule has 0 bridgehead atoms. The molecular formula is C14H20N4O3. The summed E-state index contributed by atoms with van der Waals surface area (Å²) in [5.41, 5.74) is 0.724. The first-order valence-corrected chi connectivity index (χ1v) is 7.16. The summed E-state index contributed by atoms with van der Waals surface area (Å²) in [6.45, 7) is 1.72. The predicted octanol–water partition coefficient (Wildman–Crippen LogP) is 1.26. The van der Waals surface area contributed by atoms with Gasteiger partial charge in [0.2, 0.25) is 0 Å². The number of nitrogens with one attached hydrogen (secondary N) is 1. The van der Waals surface area contributed by atoms with Crippen molar-refractivity contribution in [2.75, 3.05) is 13.1 Å². The summed E-state index contributed by atoms with van der Waals surface area (Å²) in [6, 6.07) is 3.49. The Hall–Kier alpha value is -2.18. The van der Waals surface area contributed by atoms with Crippen molar-refractivity contribution in [3.05, 3.63) is 24.0 Å². The second-order valence-electron chi connectivity index (χ2n) is 5.24. The Morgan fingerprint density at radius 2 is 2.14 bits per heavy atom. The minimum Gasteiger partial charge on any atom is -0.481 e. The summed E-state index contributed by atoms with van der Waals surface area (Å²) in [5.74, 6) is -0.343. The Morgan fingerprint density at radius 1 is 1.38 bits per heavy atom. The first kappa shape index (κ1) is 15.2. The molecule has 2 rings (SSSR count). The molecule has 1 saturated heterocycles. The smallest absolute Gasteiger partial charge is 0.317 e. The number of aliphatic carboxylic acids is 1. The normalized spacial score (nSPS) is 15.7. The van der Waals surface area contributed by atoms with Crippen molar-refractivity contribution < 1.29 is 14.7 Å². The van der Waals surface area contributed by atoms with Gasteiger partial charge >= 0.3 is 12.0 Å². The van der Waals surface area contributed by atoms with E-state index >= 15 is 0 Å². The van der Waals surface area contributed by atoms with Crippen molar-refractivity contribution in [1.82, 2.24) is 20.4 Å². The summed E-state index contributed by atoms with van der Waals surface area (Å²) in [7, 11) is 0.